The first-order chi connectivity index (χ1) is 15.2. The number of carbonyl (C=O) groups excluding carboxylic acids is 2. The van der Waals surface area contributed by atoms with Crippen molar-refractivity contribution in [2.24, 2.45) is 11.8 Å². The van der Waals surface area contributed by atoms with Crippen molar-refractivity contribution in [2.75, 3.05) is 70.3 Å². The van der Waals surface area contributed by atoms with Gasteiger partial charge in [-0.05, 0) is 44.2 Å². The fourth-order valence-electron chi connectivity index (χ4n) is 6.35. The van der Waals surface area contributed by atoms with Crippen molar-refractivity contribution < 1.29 is 18.6 Å². The van der Waals surface area contributed by atoms with Crippen LogP contribution >= 0.6 is 0 Å². The van der Waals surface area contributed by atoms with E-state index in [9.17, 15) is 9.59 Å². The molecule has 176 valence electrons. The number of hydrogen-bond acceptors (Lipinski definition) is 2. The predicted molar refractivity (Wildman–Crippen MR) is 128 cm³/mol. The molecule has 0 spiro atoms. The van der Waals surface area contributed by atoms with Crippen LogP contribution in [-0.2, 0) is 9.59 Å². The molecule has 4 fully saturated rings. The third kappa shape index (κ3) is 4.86. The van der Waals surface area contributed by atoms with Gasteiger partial charge in [-0.1, -0.05) is 32.0 Å². The molecule has 0 unspecified atom stereocenters. The number of amides is 2. The van der Waals surface area contributed by atoms with Gasteiger partial charge in [0.15, 0.2) is 13.1 Å². The summed E-state index contributed by atoms with van der Waals surface area (Å²) in [5.41, 5.74) is 0.987. The number of benzene rings is 1. The molecule has 6 heteroatoms. The van der Waals surface area contributed by atoms with E-state index in [1.807, 2.05) is 35.2 Å². The summed E-state index contributed by atoms with van der Waals surface area (Å²) in [5, 5.41) is 0. The molecule has 4 aliphatic rings. The normalized spacial score (nSPS) is 32.2. The number of anilines is 1. The number of para-hydroxylation sites is 1. The highest BCUT2D eigenvalue weighted by atomic mass is 16.2. The Kier molecular flexibility index (Phi) is 6.64. The summed E-state index contributed by atoms with van der Waals surface area (Å²) < 4.78 is 1.82. The Morgan fingerprint density at radius 1 is 0.906 bits per heavy atom. The number of rotatable bonds is 6. The molecule has 6 nitrogen and oxygen atoms in total. The average molecular weight is 443 g/mol. The van der Waals surface area contributed by atoms with Crippen LogP contribution < -0.4 is 4.90 Å². The van der Waals surface area contributed by atoms with Crippen molar-refractivity contribution in [1.29, 1.82) is 0 Å². The van der Waals surface area contributed by atoms with Crippen molar-refractivity contribution in [3.63, 3.8) is 0 Å². The lowest BCUT2D eigenvalue weighted by molar-refractivity contribution is -1.07. The molecule has 2 bridgehead atoms. The maximum absolute atomic E-state index is 13.4. The molecule has 32 heavy (non-hydrogen) atoms. The van der Waals surface area contributed by atoms with Crippen LogP contribution in [0.1, 0.15) is 34.1 Å². The third-order valence-corrected chi connectivity index (χ3v) is 8.13. The molecule has 0 radical (unpaired) electrons. The molecule has 4 heterocycles. The number of quaternary nitrogens is 2. The van der Waals surface area contributed by atoms with E-state index in [1.54, 1.807) is 0 Å². The van der Waals surface area contributed by atoms with Crippen LogP contribution in [0.25, 0.3) is 0 Å². The van der Waals surface area contributed by atoms with Crippen molar-refractivity contribution in [3.05, 3.63) is 30.3 Å². The smallest absolute Gasteiger partial charge is 0.282 e. The quantitative estimate of drug-likeness (QED) is 0.636. The fourth-order valence-corrected chi connectivity index (χ4v) is 6.35. The zero-order valence-electron chi connectivity index (χ0n) is 20.5. The van der Waals surface area contributed by atoms with Gasteiger partial charge in [0.25, 0.3) is 11.8 Å². The topological polar surface area (TPSA) is 40.6 Å². The minimum atomic E-state index is 0.138. The summed E-state index contributed by atoms with van der Waals surface area (Å²) in [6.07, 6.45) is 1.23. The van der Waals surface area contributed by atoms with E-state index in [4.69, 9.17) is 0 Å². The first-order valence-corrected chi connectivity index (χ1v) is 12.6. The van der Waals surface area contributed by atoms with Crippen LogP contribution in [0.5, 0.6) is 0 Å². The van der Waals surface area contributed by atoms with Crippen molar-refractivity contribution in [3.8, 4) is 0 Å². The van der Waals surface area contributed by atoms with Gasteiger partial charge in [0, 0.05) is 24.8 Å². The summed E-state index contributed by atoms with van der Waals surface area (Å²) in [6.45, 7) is 17.8. The van der Waals surface area contributed by atoms with Gasteiger partial charge in [0.1, 0.15) is 39.3 Å². The SMILES string of the molecule is CC(C)N(C(=O)C[N+]12CC[N+](CC(=O)N3C[C@@H](C)C[C@H](C)C3)(CC1)CC2)c1ccccc1. The molecule has 0 aliphatic carbocycles. The van der Waals surface area contributed by atoms with Crippen molar-refractivity contribution >= 4 is 17.5 Å². The Morgan fingerprint density at radius 3 is 1.91 bits per heavy atom. The monoisotopic (exact) mass is 442 g/mol. The fraction of sp³-hybridized carbons (Fsp3) is 0.692. The molecular weight excluding hydrogens is 400 g/mol. The van der Waals surface area contributed by atoms with Crippen molar-refractivity contribution in [2.45, 2.75) is 40.2 Å². The van der Waals surface area contributed by atoms with Gasteiger partial charge in [0.2, 0.25) is 0 Å². The number of likely N-dealkylation sites (tertiary alicyclic amines) is 1. The number of carbonyl (C=O) groups is 2. The zero-order valence-corrected chi connectivity index (χ0v) is 20.5. The van der Waals surface area contributed by atoms with Gasteiger partial charge in [-0.3, -0.25) is 9.59 Å². The third-order valence-electron chi connectivity index (χ3n) is 8.13. The molecule has 2 atom stereocenters. The highest BCUT2D eigenvalue weighted by Gasteiger charge is 2.51. The second-order valence-electron chi connectivity index (χ2n) is 11.3. The van der Waals surface area contributed by atoms with Crippen LogP contribution in [-0.4, -0.2) is 97.2 Å². The van der Waals surface area contributed by atoms with Gasteiger partial charge >= 0.3 is 0 Å². The van der Waals surface area contributed by atoms with E-state index in [-0.39, 0.29) is 11.9 Å². The molecular formula is C26H42N4O2+2. The molecule has 2 amide bonds. The molecule has 4 aliphatic heterocycles. The lowest BCUT2D eigenvalue weighted by Gasteiger charge is -2.55. The molecule has 0 N–H and O–H groups in total. The first kappa shape index (κ1) is 23.2. The summed E-state index contributed by atoms with van der Waals surface area (Å²) in [4.78, 5) is 30.7. The summed E-state index contributed by atoms with van der Waals surface area (Å²) in [7, 11) is 0. The molecule has 5 rings (SSSR count). The second-order valence-corrected chi connectivity index (χ2v) is 11.3. The summed E-state index contributed by atoms with van der Waals surface area (Å²) in [6, 6.07) is 10.2. The Bertz CT molecular complexity index is 790. The Hall–Kier alpha value is -1.92. The highest BCUT2D eigenvalue weighted by molar-refractivity contribution is 5.94. The minimum Gasteiger partial charge on any atom is -0.337 e. The molecule has 0 saturated carbocycles. The van der Waals surface area contributed by atoms with E-state index < -0.39 is 0 Å². The largest absolute Gasteiger partial charge is 0.337 e. The predicted octanol–water partition coefficient (Wildman–Crippen LogP) is 2.59. The van der Waals surface area contributed by atoms with Crippen LogP contribution in [0.3, 0.4) is 0 Å². The van der Waals surface area contributed by atoms with E-state index >= 15 is 0 Å². The number of fused-ring (bicyclic) bond motifs is 3. The number of hydrogen-bond donors (Lipinski definition) is 0. The standard InChI is InChI=1S/C26H42N4O2/c1-21(2)28(24-8-6-5-7-9-24)26(32)20-30-13-10-29(11-14-30,12-15-30)19-25(31)27-17-22(3)16-23(4)18-27/h5-9,21-23H,10-20H2,1-4H3/q+2/t22-,23-,29?,30?/m0/s1. The lowest BCUT2D eigenvalue weighted by Crippen LogP contribution is -2.77. The molecule has 4 saturated heterocycles. The van der Waals surface area contributed by atoms with Gasteiger partial charge in [0.05, 0.1) is 0 Å². The van der Waals surface area contributed by atoms with Crippen molar-refractivity contribution in [1.82, 2.24) is 4.90 Å². The van der Waals surface area contributed by atoms with Gasteiger partial charge in [-0.25, -0.2) is 0 Å². The average Bonchev–Trinajstić information content (AvgIpc) is 2.75. The van der Waals surface area contributed by atoms with E-state index in [0.717, 1.165) is 67.0 Å². The number of piperidine rings is 1. The Balaban J connectivity index is 1.37. The molecule has 1 aromatic carbocycles. The maximum Gasteiger partial charge on any atom is 0.282 e. The lowest BCUT2D eigenvalue weighted by atomic mass is 9.92. The van der Waals surface area contributed by atoms with Gasteiger partial charge in [-0.15, -0.1) is 0 Å². The Morgan fingerprint density at radius 2 is 1.41 bits per heavy atom. The summed E-state index contributed by atoms with van der Waals surface area (Å²) >= 11 is 0. The van der Waals surface area contributed by atoms with Crippen LogP contribution in [0.15, 0.2) is 30.3 Å². The zero-order chi connectivity index (χ0) is 22.9. The summed E-state index contributed by atoms with van der Waals surface area (Å²) in [5.74, 6) is 1.78. The van der Waals surface area contributed by atoms with E-state index in [0.29, 0.717) is 30.8 Å². The van der Waals surface area contributed by atoms with Crippen LogP contribution in [0, 0.1) is 11.8 Å². The van der Waals surface area contributed by atoms with Crippen LogP contribution in [0.4, 0.5) is 5.69 Å². The van der Waals surface area contributed by atoms with E-state index in [2.05, 4.69) is 32.6 Å². The van der Waals surface area contributed by atoms with Crippen LogP contribution in [0.2, 0.25) is 0 Å². The molecule has 1 aromatic rings. The highest BCUT2D eigenvalue weighted by Crippen LogP contribution is 2.29. The first-order valence-electron chi connectivity index (χ1n) is 12.6. The minimum absolute atomic E-state index is 0.138. The van der Waals surface area contributed by atoms with Gasteiger partial charge < -0.3 is 18.8 Å². The second kappa shape index (κ2) is 9.14. The van der Waals surface area contributed by atoms with Gasteiger partial charge in [-0.2, -0.15) is 0 Å². The number of nitrogens with zero attached hydrogens (tertiary/aromatic N) is 4. The van der Waals surface area contributed by atoms with E-state index in [1.165, 1.54) is 6.42 Å². The molecule has 0 aromatic heterocycles. The number of piperazine rings is 3. The maximum atomic E-state index is 13.4. The Labute approximate surface area is 193 Å².